The molecule has 1 saturated heterocycles. The van der Waals surface area contributed by atoms with Gasteiger partial charge in [-0.1, -0.05) is 12.1 Å². The Kier molecular flexibility index (Phi) is 5.00. The first-order chi connectivity index (χ1) is 9.93. The van der Waals surface area contributed by atoms with Crippen molar-refractivity contribution in [2.45, 2.75) is 45.6 Å². The molecule has 0 aromatic carbocycles. The van der Waals surface area contributed by atoms with Crippen LogP contribution in [0.3, 0.4) is 0 Å². The van der Waals surface area contributed by atoms with E-state index in [0.717, 1.165) is 12.8 Å². The normalized spacial score (nSPS) is 19.4. The third-order valence-electron chi connectivity index (χ3n) is 3.42. The van der Waals surface area contributed by atoms with E-state index in [1.54, 1.807) is 6.92 Å². The molecule has 1 fully saturated rings. The molecule has 1 aromatic heterocycles. The van der Waals surface area contributed by atoms with Crippen molar-refractivity contribution in [2.75, 3.05) is 12.4 Å². The fourth-order valence-corrected chi connectivity index (χ4v) is 3.59. The van der Waals surface area contributed by atoms with E-state index in [-0.39, 0.29) is 17.4 Å². The number of aromatic nitrogens is 1. The van der Waals surface area contributed by atoms with Crippen molar-refractivity contribution < 1.29 is 22.5 Å². The molecular formula is C13H20N2O5S. The number of aryl methyl sites for hydroxylation is 2. The average molecular weight is 316 g/mol. The zero-order chi connectivity index (χ0) is 15.5. The summed E-state index contributed by atoms with van der Waals surface area (Å²) in [5.41, 5.74) is 0.653. The Balaban J connectivity index is 2.05. The Labute approximate surface area is 124 Å². The molecule has 1 aliphatic rings. The number of sulfonamides is 1. The van der Waals surface area contributed by atoms with Gasteiger partial charge in [-0.15, -0.1) is 0 Å². The lowest BCUT2D eigenvalue weighted by atomic mass is 10.1. The van der Waals surface area contributed by atoms with E-state index < -0.39 is 15.9 Å². The van der Waals surface area contributed by atoms with Crippen molar-refractivity contribution >= 4 is 15.9 Å². The first kappa shape index (κ1) is 16.0. The molecule has 2 rings (SSSR count). The van der Waals surface area contributed by atoms with E-state index in [1.807, 2.05) is 6.92 Å². The monoisotopic (exact) mass is 316 g/mol. The number of nitrogens with zero attached hydrogens (tertiary/aromatic N) is 1. The van der Waals surface area contributed by atoms with Gasteiger partial charge in [0.1, 0.15) is 11.3 Å². The Hall–Kier alpha value is -1.41. The Morgan fingerprint density at radius 2 is 2.19 bits per heavy atom. The number of nitrogens with one attached hydrogen (secondary N) is 1. The number of rotatable bonds is 5. The molecule has 1 amide bonds. The highest BCUT2D eigenvalue weighted by atomic mass is 32.2. The molecule has 0 bridgehead atoms. The van der Waals surface area contributed by atoms with Gasteiger partial charge in [0, 0.05) is 6.61 Å². The number of ether oxygens (including phenoxy) is 1. The quantitative estimate of drug-likeness (QED) is 0.875. The summed E-state index contributed by atoms with van der Waals surface area (Å²) >= 11 is 0. The zero-order valence-corrected chi connectivity index (χ0v) is 13.0. The second-order valence-corrected chi connectivity index (χ2v) is 6.88. The van der Waals surface area contributed by atoms with Gasteiger partial charge < -0.3 is 9.26 Å². The van der Waals surface area contributed by atoms with Gasteiger partial charge in [0.2, 0.25) is 10.0 Å². The number of hydrogen-bond acceptors (Lipinski definition) is 6. The van der Waals surface area contributed by atoms with Crippen LogP contribution < -0.4 is 4.72 Å². The first-order valence-electron chi connectivity index (χ1n) is 7.04. The Morgan fingerprint density at radius 1 is 1.43 bits per heavy atom. The molecular weight excluding hydrogens is 296 g/mol. The highest BCUT2D eigenvalue weighted by molar-refractivity contribution is 7.90. The van der Waals surface area contributed by atoms with Crippen LogP contribution in [0.25, 0.3) is 0 Å². The molecule has 0 saturated carbocycles. The molecule has 1 aliphatic heterocycles. The highest BCUT2D eigenvalue weighted by Crippen LogP contribution is 2.16. The molecule has 21 heavy (non-hydrogen) atoms. The smallest absolute Gasteiger partial charge is 0.270 e. The minimum Gasteiger partial charge on any atom is -0.377 e. The van der Waals surface area contributed by atoms with Crippen molar-refractivity contribution in [3.8, 4) is 0 Å². The summed E-state index contributed by atoms with van der Waals surface area (Å²) in [4.78, 5) is 12.1. The lowest BCUT2D eigenvalue weighted by Gasteiger charge is -2.22. The van der Waals surface area contributed by atoms with Crippen LogP contribution in [-0.4, -0.2) is 37.9 Å². The molecule has 7 nitrogen and oxygen atoms in total. The largest absolute Gasteiger partial charge is 0.377 e. The van der Waals surface area contributed by atoms with Gasteiger partial charge >= 0.3 is 0 Å². The highest BCUT2D eigenvalue weighted by Gasteiger charge is 2.27. The third kappa shape index (κ3) is 4.04. The first-order valence-corrected chi connectivity index (χ1v) is 8.69. The van der Waals surface area contributed by atoms with Crippen LogP contribution in [0.2, 0.25) is 0 Å². The number of hydrogen-bond donors (Lipinski definition) is 1. The van der Waals surface area contributed by atoms with Gasteiger partial charge in [-0.2, -0.15) is 0 Å². The zero-order valence-electron chi connectivity index (χ0n) is 12.2. The minimum absolute atomic E-state index is 0.200. The summed E-state index contributed by atoms with van der Waals surface area (Å²) in [6.07, 6.45) is 2.73. The summed E-state index contributed by atoms with van der Waals surface area (Å²) in [5.74, 6) is -0.584. The van der Waals surface area contributed by atoms with Crippen molar-refractivity contribution in [3.05, 3.63) is 17.0 Å². The fraction of sp³-hybridized carbons (Fsp3) is 0.692. The van der Waals surface area contributed by atoms with Gasteiger partial charge in [0.05, 0.1) is 17.6 Å². The van der Waals surface area contributed by atoms with Crippen molar-refractivity contribution in [1.82, 2.24) is 9.88 Å². The van der Waals surface area contributed by atoms with Gasteiger partial charge in [0.25, 0.3) is 5.91 Å². The maximum Gasteiger partial charge on any atom is 0.270 e. The van der Waals surface area contributed by atoms with Crippen LogP contribution in [0.5, 0.6) is 0 Å². The van der Waals surface area contributed by atoms with Gasteiger partial charge in [-0.05, 0) is 32.6 Å². The number of amides is 1. The third-order valence-corrected chi connectivity index (χ3v) is 4.73. The van der Waals surface area contributed by atoms with E-state index in [1.165, 1.54) is 0 Å². The molecule has 1 atom stereocenters. The van der Waals surface area contributed by atoms with Gasteiger partial charge in [-0.25, -0.2) is 13.1 Å². The van der Waals surface area contributed by atoms with E-state index in [2.05, 4.69) is 9.88 Å². The lowest BCUT2D eigenvalue weighted by molar-refractivity contribution is 0.0304. The maximum absolute atomic E-state index is 12.1. The topological polar surface area (TPSA) is 98.5 Å². The average Bonchev–Trinajstić information content (AvgIpc) is 2.79. The second kappa shape index (κ2) is 6.57. The molecule has 0 aliphatic carbocycles. The van der Waals surface area contributed by atoms with E-state index in [4.69, 9.17) is 9.26 Å². The van der Waals surface area contributed by atoms with Crippen molar-refractivity contribution in [1.29, 1.82) is 0 Å². The number of carbonyl (C=O) groups is 1. The van der Waals surface area contributed by atoms with Crippen LogP contribution in [-0.2, 0) is 21.2 Å². The molecule has 1 N–H and O–H groups in total. The molecule has 0 spiro atoms. The summed E-state index contributed by atoms with van der Waals surface area (Å²) in [6, 6.07) is 0. The fourth-order valence-electron chi connectivity index (χ4n) is 2.37. The summed E-state index contributed by atoms with van der Waals surface area (Å²) in [7, 11) is -3.74. The molecule has 2 heterocycles. The van der Waals surface area contributed by atoms with Gasteiger partial charge in [-0.3, -0.25) is 4.79 Å². The van der Waals surface area contributed by atoms with E-state index in [9.17, 15) is 13.2 Å². The van der Waals surface area contributed by atoms with Crippen molar-refractivity contribution in [2.24, 2.45) is 0 Å². The van der Waals surface area contributed by atoms with Crippen LogP contribution >= 0.6 is 0 Å². The lowest BCUT2D eigenvalue weighted by Crippen LogP contribution is -2.38. The molecule has 118 valence electrons. The van der Waals surface area contributed by atoms with E-state index >= 15 is 0 Å². The molecule has 1 unspecified atom stereocenters. The van der Waals surface area contributed by atoms with Crippen molar-refractivity contribution in [3.63, 3.8) is 0 Å². The molecule has 0 radical (unpaired) electrons. The predicted octanol–water partition coefficient (Wildman–Crippen LogP) is 1.17. The van der Waals surface area contributed by atoms with Crippen LogP contribution in [0.1, 0.15) is 48.0 Å². The van der Waals surface area contributed by atoms with Gasteiger partial charge in [0.15, 0.2) is 0 Å². The predicted molar refractivity (Wildman–Crippen MR) is 75.5 cm³/mol. The van der Waals surface area contributed by atoms with E-state index in [0.29, 0.717) is 30.9 Å². The Bertz CT molecular complexity index is 602. The second-order valence-electron chi connectivity index (χ2n) is 5.12. The van der Waals surface area contributed by atoms with Crippen LogP contribution in [0.4, 0.5) is 0 Å². The summed E-state index contributed by atoms with van der Waals surface area (Å²) < 4.78 is 36.5. The van der Waals surface area contributed by atoms with Crippen LogP contribution in [0.15, 0.2) is 4.52 Å². The summed E-state index contributed by atoms with van der Waals surface area (Å²) in [5, 5.41) is 3.75. The van der Waals surface area contributed by atoms with Crippen LogP contribution in [0, 0.1) is 6.92 Å². The minimum atomic E-state index is -3.74. The molecule has 8 heteroatoms. The standard InChI is InChI=1S/C13H20N2O5S/c1-3-11-12(9(2)20-14-11)13(16)15-21(17,18)8-10-6-4-5-7-19-10/h10H,3-8H2,1-2H3,(H,15,16). The SMILES string of the molecule is CCc1noc(C)c1C(=O)NS(=O)(=O)CC1CCCCO1. The molecule has 1 aromatic rings. The summed E-state index contributed by atoms with van der Waals surface area (Å²) in [6.45, 7) is 3.97. The maximum atomic E-state index is 12.1. The number of carbonyl (C=O) groups excluding carboxylic acids is 1. The Morgan fingerprint density at radius 3 is 2.81 bits per heavy atom.